The maximum Gasteiger partial charge on any atom is 0.273 e. The summed E-state index contributed by atoms with van der Waals surface area (Å²) in [6.07, 6.45) is 3.32. The summed E-state index contributed by atoms with van der Waals surface area (Å²) < 4.78 is 13.5. The highest BCUT2D eigenvalue weighted by atomic mass is 19.1. The average molecular weight is 296 g/mol. The van der Waals surface area contributed by atoms with Crippen LogP contribution >= 0.6 is 0 Å². The van der Waals surface area contributed by atoms with E-state index in [-0.39, 0.29) is 11.7 Å². The third-order valence-corrected chi connectivity index (χ3v) is 3.21. The summed E-state index contributed by atoms with van der Waals surface area (Å²) in [5, 5.41) is 9.37. The Labute approximate surface area is 126 Å². The first-order valence-electron chi connectivity index (χ1n) is 6.67. The molecule has 3 aromatic rings. The van der Waals surface area contributed by atoms with Crippen LogP contribution in [0.5, 0.6) is 0 Å². The highest BCUT2D eigenvalue weighted by Crippen LogP contribution is 2.18. The molecule has 0 aliphatic rings. The maximum absolute atomic E-state index is 13.5. The number of hydrogen-bond donors (Lipinski definition) is 2. The Morgan fingerprint density at radius 3 is 2.86 bits per heavy atom. The summed E-state index contributed by atoms with van der Waals surface area (Å²) >= 11 is 0. The van der Waals surface area contributed by atoms with Gasteiger partial charge in [0.25, 0.3) is 5.91 Å². The van der Waals surface area contributed by atoms with Crippen molar-refractivity contribution in [3.05, 3.63) is 65.9 Å². The Hall–Kier alpha value is -3.02. The van der Waals surface area contributed by atoms with Gasteiger partial charge in [0.15, 0.2) is 0 Å². The lowest BCUT2D eigenvalue weighted by Crippen LogP contribution is -2.12. The zero-order valence-corrected chi connectivity index (χ0v) is 11.8. The van der Waals surface area contributed by atoms with Crippen LogP contribution in [0.15, 0.2) is 48.8 Å². The molecule has 0 aliphatic carbocycles. The molecule has 6 heteroatoms. The van der Waals surface area contributed by atoms with Crippen LogP contribution in [0.25, 0.3) is 11.3 Å². The molecule has 0 atom stereocenters. The van der Waals surface area contributed by atoms with Gasteiger partial charge in [-0.2, -0.15) is 5.10 Å². The predicted octanol–water partition coefficient (Wildman–Crippen LogP) is 3.17. The van der Waals surface area contributed by atoms with E-state index in [1.165, 1.54) is 6.07 Å². The van der Waals surface area contributed by atoms with Crippen LogP contribution in [0.3, 0.4) is 0 Å². The molecule has 0 spiro atoms. The van der Waals surface area contributed by atoms with Gasteiger partial charge in [-0.1, -0.05) is 6.07 Å². The topological polar surface area (TPSA) is 70.7 Å². The number of carbonyl (C=O) groups excluding carboxylic acids is 1. The maximum atomic E-state index is 13.5. The van der Waals surface area contributed by atoms with Crippen molar-refractivity contribution in [1.29, 1.82) is 0 Å². The van der Waals surface area contributed by atoms with E-state index in [0.29, 0.717) is 22.6 Å². The number of aromatic amines is 1. The Morgan fingerprint density at radius 1 is 1.27 bits per heavy atom. The van der Waals surface area contributed by atoms with Crippen LogP contribution in [0.2, 0.25) is 0 Å². The average Bonchev–Trinajstić information content (AvgIpc) is 3.02. The van der Waals surface area contributed by atoms with Gasteiger partial charge in [-0.25, -0.2) is 4.39 Å². The number of aryl methyl sites for hydroxylation is 1. The Kier molecular flexibility index (Phi) is 3.65. The van der Waals surface area contributed by atoms with Crippen LogP contribution in [0.1, 0.15) is 16.1 Å². The first kappa shape index (κ1) is 13.9. The zero-order valence-electron chi connectivity index (χ0n) is 11.8. The van der Waals surface area contributed by atoms with E-state index in [9.17, 15) is 9.18 Å². The van der Waals surface area contributed by atoms with E-state index in [4.69, 9.17) is 0 Å². The van der Waals surface area contributed by atoms with Gasteiger partial charge in [0, 0.05) is 23.6 Å². The van der Waals surface area contributed by atoms with E-state index in [0.717, 1.165) is 5.56 Å². The second kappa shape index (κ2) is 5.77. The Balaban J connectivity index is 1.78. The van der Waals surface area contributed by atoms with E-state index >= 15 is 0 Å². The molecule has 22 heavy (non-hydrogen) atoms. The number of nitrogens with zero attached hydrogens (tertiary/aromatic N) is 2. The molecule has 0 radical (unpaired) electrons. The van der Waals surface area contributed by atoms with E-state index < -0.39 is 0 Å². The number of nitrogens with one attached hydrogen (secondary N) is 2. The molecule has 3 rings (SSSR count). The normalized spacial score (nSPS) is 10.5. The third-order valence-electron chi connectivity index (χ3n) is 3.21. The minimum absolute atomic E-state index is 0.292. The number of pyridine rings is 1. The third kappa shape index (κ3) is 2.85. The van der Waals surface area contributed by atoms with Gasteiger partial charge in [0.2, 0.25) is 0 Å². The number of rotatable bonds is 3. The fraction of sp³-hybridized carbons (Fsp3) is 0.0625. The molecule has 0 fully saturated rings. The number of hydrogen-bond acceptors (Lipinski definition) is 3. The van der Waals surface area contributed by atoms with E-state index in [1.807, 2.05) is 6.07 Å². The largest absolute Gasteiger partial charge is 0.321 e. The van der Waals surface area contributed by atoms with E-state index in [2.05, 4.69) is 20.5 Å². The quantitative estimate of drug-likeness (QED) is 0.780. The zero-order chi connectivity index (χ0) is 15.5. The van der Waals surface area contributed by atoms with Crippen LogP contribution in [-0.2, 0) is 0 Å². The number of halogens is 1. The number of aromatic nitrogens is 3. The molecule has 0 saturated carbocycles. The van der Waals surface area contributed by atoms with Crippen molar-refractivity contribution in [2.45, 2.75) is 6.92 Å². The van der Waals surface area contributed by atoms with Crippen molar-refractivity contribution in [2.24, 2.45) is 0 Å². The first-order chi connectivity index (χ1) is 10.6. The summed E-state index contributed by atoms with van der Waals surface area (Å²) in [6, 6.07) is 9.80. The summed E-state index contributed by atoms with van der Waals surface area (Å²) in [5.74, 6) is -0.746. The molecule has 2 aromatic heterocycles. The fourth-order valence-electron chi connectivity index (χ4n) is 1.97. The standard InChI is InChI=1S/C16H13FN4O/c1-10-4-5-12(7-13(10)17)19-16(22)15-8-14(20-21-15)11-3-2-6-18-9-11/h2-9H,1H3,(H,19,22)(H,20,21). The van der Waals surface area contributed by atoms with Crippen LogP contribution in [0.4, 0.5) is 10.1 Å². The molecule has 0 aliphatic heterocycles. The summed E-state index contributed by atoms with van der Waals surface area (Å²) in [7, 11) is 0. The molecule has 110 valence electrons. The lowest BCUT2D eigenvalue weighted by molar-refractivity contribution is 0.102. The van der Waals surface area contributed by atoms with Crippen molar-refractivity contribution in [1.82, 2.24) is 15.2 Å². The molecule has 2 N–H and O–H groups in total. The van der Waals surface area contributed by atoms with Gasteiger partial charge in [0.05, 0.1) is 5.69 Å². The Morgan fingerprint density at radius 2 is 2.14 bits per heavy atom. The van der Waals surface area contributed by atoms with Gasteiger partial charge in [-0.05, 0) is 42.8 Å². The van der Waals surface area contributed by atoms with Crippen molar-refractivity contribution < 1.29 is 9.18 Å². The molecule has 0 bridgehead atoms. The number of benzene rings is 1. The highest BCUT2D eigenvalue weighted by Gasteiger charge is 2.12. The molecule has 1 amide bonds. The fourth-order valence-corrected chi connectivity index (χ4v) is 1.97. The summed E-state index contributed by atoms with van der Waals surface area (Å²) in [6.45, 7) is 1.66. The van der Waals surface area contributed by atoms with Crippen molar-refractivity contribution in [2.75, 3.05) is 5.32 Å². The first-order valence-corrected chi connectivity index (χ1v) is 6.67. The van der Waals surface area contributed by atoms with Gasteiger partial charge >= 0.3 is 0 Å². The molecular weight excluding hydrogens is 283 g/mol. The lowest BCUT2D eigenvalue weighted by atomic mass is 10.2. The highest BCUT2D eigenvalue weighted by molar-refractivity contribution is 6.03. The summed E-state index contributed by atoms with van der Waals surface area (Å²) in [5.41, 5.74) is 2.64. The SMILES string of the molecule is Cc1ccc(NC(=O)c2cc(-c3cccnc3)n[nH]2)cc1F. The molecule has 5 nitrogen and oxygen atoms in total. The number of anilines is 1. The van der Waals surface area contributed by atoms with Crippen molar-refractivity contribution >= 4 is 11.6 Å². The second-order valence-electron chi connectivity index (χ2n) is 4.83. The molecule has 0 saturated heterocycles. The molecule has 2 heterocycles. The van der Waals surface area contributed by atoms with Crippen molar-refractivity contribution in [3.8, 4) is 11.3 Å². The van der Waals surface area contributed by atoms with Gasteiger partial charge < -0.3 is 5.32 Å². The van der Waals surface area contributed by atoms with Gasteiger partial charge in [-0.15, -0.1) is 0 Å². The van der Waals surface area contributed by atoms with Gasteiger partial charge in [-0.3, -0.25) is 14.9 Å². The number of amides is 1. The minimum Gasteiger partial charge on any atom is -0.321 e. The molecule has 1 aromatic carbocycles. The minimum atomic E-state index is -0.383. The van der Waals surface area contributed by atoms with Gasteiger partial charge in [0.1, 0.15) is 11.5 Å². The Bertz CT molecular complexity index is 814. The predicted molar refractivity (Wildman–Crippen MR) is 80.9 cm³/mol. The van der Waals surface area contributed by atoms with E-state index in [1.54, 1.807) is 43.6 Å². The summed E-state index contributed by atoms with van der Waals surface area (Å²) in [4.78, 5) is 16.1. The lowest BCUT2D eigenvalue weighted by Gasteiger charge is -2.04. The number of H-pyrrole nitrogens is 1. The van der Waals surface area contributed by atoms with Crippen LogP contribution < -0.4 is 5.32 Å². The molecule has 0 unspecified atom stereocenters. The van der Waals surface area contributed by atoms with Crippen LogP contribution in [-0.4, -0.2) is 21.1 Å². The number of carbonyl (C=O) groups is 1. The van der Waals surface area contributed by atoms with Crippen LogP contribution in [0, 0.1) is 12.7 Å². The van der Waals surface area contributed by atoms with Crippen molar-refractivity contribution in [3.63, 3.8) is 0 Å². The monoisotopic (exact) mass is 296 g/mol. The molecular formula is C16H13FN4O. The smallest absolute Gasteiger partial charge is 0.273 e. The second-order valence-corrected chi connectivity index (χ2v) is 4.83.